The van der Waals surface area contributed by atoms with Gasteiger partial charge in [-0.2, -0.15) is 0 Å². The smallest absolute Gasteiger partial charge is 0.410 e. The van der Waals surface area contributed by atoms with E-state index in [9.17, 15) is 9.90 Å². The van der Waals surface area contributed by atoms with Crippen molar-refractivity contribution in [1.29, 1.82) is 0 Å². The zero-order chi connectivity index (χ0) is 22.0. The molecule has 2 fully saturated rings. The van der Waals surface area contributed by atoms with Crippen LogP contribution in [0.25, 0.3) is 0 Å². The van der Waals surface area contributed by atoms with Crippen LogP contribution in [0.3, 0.4) is 0 Å². The van der Waals surface area contributed by atoms with Crippen molar-refractivity contribution in [2.24, 2.45) is 0 Å². The van der Waals surface area contributed by atoms with Crippen molar-refractivity contribution in [3.05, 3.63) is 35.4 Å². The Bertz CT molecular complexity index is 733. The number of carbonyl (C=O) groups excluding carboxylic acids is 1. The van der Waals surface area contributed by atoms with Gasteiger partial charge in [-0.25, -0.2) is 4.79 Å². The van der Waals surface area contributed by atoms with E-state index < -0.39 is 11.2 Å². The molecule has 6 nitrogen and oxygen atoms in total. The summed E-state index contributed by atoms with van der Waals surface area (Å²) in [7, 11) is 0. The zero-order valence-electron chi connectivity index (χ0n) is 19.2. The Hall–Kier alpha value is -1.63. The summed E-state index contributed by atoms with van der Waals surface area (Å²) in [6.45, 7) is 13.9. The number of likely N-dealkylation sites (tertiary alicyclic amines) is 1. The second-order valence-electron chi connectivity index (χ2n) is 10.5. The van der Waals surface area contributed by atoms with E-state index in [1.54, 1.807) is 0 Å². The predicted molar refractivity (Wildman–Crippen MR) is 117 cm³/mol. The maximum absolute atomic E-state index is 12.7. The van der Waals surface area contributed by atoms with E-state index in [-0.39, 0.29) is 18.3 Å². The van der Waals surface area contributed by atoms with Crippen molar-refractivity contribution in [2.75, 3.05) is 32.8 Å². The number of nitrogens with zero attached hydrogens (tertiary/aromatic N) is 2. The van der Waals surface area contributed by atoms with E-state index in [1.807, 2.05) is 25.7 Å². The van der Waals surface area contributed by atoms with Crippen molar-refractivity contribution in [3.8, 4) is 0 Å². The first-order valence-corrected chi connectivity index (χ1v) is 11.1. The van der Waals surface area contributed by atoms with Crippen LogP contribution < -0.4 is 0 Å². The van der Waals surface area contributed by atoms with E-state index in [4.69, 9.17) is 9.47 Å². The van der Waals surface area contributed by atoms with Gasteiger partial charge in [-0.15, -0.1) is 0 Å². The molecule has 0 aliphatic carbocycles. The normalized spacial score (nSPS) is 21.6. The molecule has 1 spiro atoms. The highest BCUT2D eigenvalue weighted by molar-refractivity contribution is 5.68. The van der Waals surface area contributed by atoms with Crippen molar-refractivity contribution in [1.82, 2.24) is 9.80 Å². The van der Waals surface area contributed by atoms with Gasteiger partial charge < -0.3 is 19.5 Å². The average molecular weight is 419 g/mol. The van der Waals surface area contributed by atoms with Crippen molar-refractivity contribution in [3.63, 3.8) is 0 Å². The topological polar surface area (TPSA) is 62.2 Å². The highest BCUT2D eigenvalue weighted by Crippen LogP contribution is 2.37. The molecule has 0 unspecified atom stereocenters. The third kappa shape index (κ3) is 6.19. The molecule has 6 heteroatoms. The molecule has 1 aromatic rings. The second-order valence-corrected chi connectivity index (χ2v) is 10.5. The first kappa shape index (κ1) is 23.0. The van der Waals surface area contributed by atoms with Gasteiger partial charge in [-0.3, -0.25) is 4.90 Å². The number of hydrogen-bond donors (Lipinski definition) is 1. The number of ether oxygens (including phenoxy) is 2. The van der Waals surface area contributed by atoms with Gasteiger partial charge in [-0.05, 0) is 65.0 Å². The number of aliphatic hydroxyl groups excluding tert-OH is 1. The standard InChI is InChI=1S/C24H38N2O4/c1-22(2,3)29-21(28)26-17-23(4,5)30-24(18-26)10-12-25(13-11-24)16-20-8-6-7-19(15-20)9-14-27/h6-8,15,27H,9-14,16-18H2,1-5H3. The molecule has 0 bridgehead atoms. The van der Waals surface area contributed by atoms with Gasteiger partial charge in [0.1, 0.15) is 5.60 Å². The Balaban J connectivity index is 1.62. The fraction of sp³-hybridized carbons (Fsp3) is 0.708. The molecule has 2 aliphatic heterocycles. The van der Waals surface area contributed by atoms with E-state index in [0.717, 1.165) is 32.5 Å². The number of morpholine rings is 1. The molecular formula is C24H38N2O4. The lowest BCUT2D eigenvalue weighted by Gasteiger charge is -2.52. The fourth-order valence-electron chi connectivity index (χ4n) is 4.62. The molecular weight excluding hydrogens is 380 g/mol. The summed E-state index contributed by atoms with van der Waals surface area (Å²) in [5, 5.41) is 9.18. The summed E-state index contributed by atoms with van der Waals surface area (Å²) in [5.41, 5.74) is 1.25. The minimum atomic E-state index is -0.499. The van der Waals surface area contributed by atoms with Crippen molar-refractivity contribution < 1.29 is 19.4 Å². The zero-order valence-corrected chi connectivity index (χ0v) is 19.2. The first-order valence-electron chi connectivity index (χ1n) is 11.1. The molecule has 3 rings (SSSR count). The molecule has 0 aromatic heterocycles. The Morgan fingerprint density at radius 2 is 1.83 bits per heavy atom. The quantitative estimate of drug-likeness (QED) is 0.809. The maximum Gasteiger partial charge on any atom is 0.410 e. The largest absolute Gasteiger partial charge is 0.444 e. The summed E-state index contributed by atoms with van der Waals surface area (Å²) in [5.74, 6) is 0. The highest BCUT2D eigenvalue weighted by atomic mass is 16.6. The molecule has 0 radical (unpaired) electrons. The first-order chi connectivity index (χ1) is 14.0. The Morgan fingerprint density at radius 1 is 1.17 bits per heavy atom. The van der Waals surface area contributed by atoms with Crippen LogP contribution in [0.5, 0.6) is 0 Å². The fourth-order valence-corrected chi connectivity index (χ4v) is 4.62. The number of hydrogen-bond acceptors (Lipinski definition) is 5. The van der Waals surface area contributed by atoms with Gasteiger partial charge in [0.15, 0.2) is 0 Å². The summed E-state index contributed by atoms with van der Waals surface area (Å²) in [6, 6.07) is 8.46. The van der Waals surface area contributed by atoms with Crippen LogP contribution in [0.4, 0.5) is 4.79 Å². The van der Waals surface area contributed by atoms with Crippen LogP contribution in [0.15, 0.2) is 24.3 Å². The molecule has 1 amide bonds. The van der Waals surface area contributed by atoms with Gasteiger partial charge in [0.25, 0.3) is 0 Å². The maximum atomic E-state index is 12.7. The Kier molecular flexibility index (Phi) is 6.80. The summed E-state index contributed by atoms with van der Waals surface area (Å²) >= 11 is 0. The number of carbonyl (C=O) groups is 1. The van der Waals surface area contributed by atoms with E-state index in [1.165, 1.54) is 11.1 Å². The van der Waals surface area contributed by atoms with Crippen LogP contribution >= 0.6 is 0 Å². The van der Waals surface area contributed by atoms with Crippen LogP contribution in [0.1, 0.15) is 58.6 Å². The molecule has 1 aromatic carbocycles. The summed E-state index contributed by atoms with van der Waals surface area (Å²) in [4.78, 5) is 17.0. The lowest BCUT2D eigenvalue weighted by molar-refractivity contribution is -0.209. The minimum absolute atomic E-state index is 0.178. The van der Waals surface area contributed by atoms with Gasteiger partial charge in [0.2, 0.25) is 0 Å². The monoisotopic (exact) mass is 418 g/mol. The molecule has 2 aliphatic rings. The molecule has 30 heavy (non-hydrogen) atoms. The van der Waals surface area contributed by atoms with Crippen LogP contribution in [-0.4, -0.2) is 70.6 Å². The summed E-state index contributed by atoms with van der Waals surface area (Å²) in [6.07, 6.45) is 2.24. The lowest BCUT2D eigenvalue weighted by atomic mass is 9.86. The molecule has 0 atom stereocenters. The molecule has 1 N–H and O–H groups in total. The molecule has 0 saturated carbocycles. The predicted octanol–water partition coefficient (Wildman–Crippen LogP) is 3.60. The molecule has 2 saturated heterocycles. The number of benzene rings is 1. The SMILES string of the molecule is CC(C)(C)OC(=O)N1CC(C)(C)OC2(CCN(Cc3cccc(CCO)c3)CC2)C1. The van der Waals surface area contributed by atoms with E-state index in [2.05, 4.69) is 43.0 Å². The van der Waals surface area contributed by atoms with Gasteiger partial charge in [-0.1, -0.05) is 24.3 Å². The highest BCUT2D eigenvalue weighted by Gasteiger charge is 2.47. The van der Waals surface area contributed by atoms with Crippen molar-refractivity contribution >= 4 is 6.09 Å². The Labute approximate surface area is 181 Å². The minimum Gasteiger partial charge on any atom is -0.444 e. The third-order valence-corrected chi connectivity index (χ3v) is 5.76. The molecule has 168 valence electrons. The number of amides is 1. The van der Waals surface area contributed by atoms with Gasteiger partial charge in [0.05, 0.1) is 24.3 Å². The third-order valence-electron chi connectivity index (χ3n) is 5.76. The molecule has 2 heterocycles. The summed E-state index contributed by atoms with van der Waals surface area (Å²) < 4.78 is 12.2. The average Bonchev–Trinajstić information content (AvgIpc) is 2.62. The Morgan fingerprint density at radius 3 is 2.47 bits per heavy atom. The second kappa shape index (κ2) is 8.85. The van der Waals surface area contributed by atoms with Crippen LogP contribution in [0.2, 0.25) is 0 Å². The van der Waals surface area contributed by atoms with E-state index >= 15 is 0 Å². The van der Waals surface area contributed by atoms with Crippen LogP contribution in [0, 0.1) is 0 Å². The number of rotatable bonds is 4. The number of aliphatic hydroxyl groups is 1. The lowest BCUT2D eigenvalue weighted by Crippen LogP contribution is -2.64. The van der Waals surface area contributed by atoms with Crippen molar-refractivity contribution in [2.45, 2.75) is 77.2 Å². The van der Waals surface area contributed by atoms with Gasteiger partial charge in [0, 0.05) is 26.2 Å². The van der Waals surface area contributed by atoms with Crippen LogP contribution in [-0.2, 0) is 22.4 Å². The van der Waals surface area contributed by atoms with E-state index in [0.29, 0.717) is 19.5 Å². The number of piperidine rings is 1. The van der Waals surface area contributed by atoms with Gasteiger partial charge >= 0.3 is 6.09 Å².